The van der Waals surface area contributed by atoms with E-state index in [-0.39, 0.29) is 5.43 Å². The molecule has 5 nitrogen and oxygen atoms in total. The van der Waals surface area contributed by atoms with Gasteiger partial charge in [-0.1, -0.05) is 12.1 Å². The van der Waals surface area contributed by atoms with Crippen molar-refractivity contribution in [3.05, 3.63) is 34.1 Å². The summed E-state index contributed by atoms with van der Waals surface area (Å²) < 4.78 is 5.12. The van der Waals surface area contributed by atoms with E-state index in [4.69, 9.17) is 10.3 Å². The maximum Gasteiger partial charge on any atom is 0.193 e. The third-order valence-corrected chi connectivity index (χ3v) is 2.90. The van der Waals surface area contributed by atoms with E-state index in [9.17, 15) is 4.79 Å². The molecule has 0 spiro atoms. The molecule has 0 atom stereocenters. The lowest BCUT2D eigenvalue weighted by atomic mass is 10.1. The van der Waals surface area contributed by atoms with E-state index in [1.54, 1.807) is 12.1 Å². The Kier molecular flexibility index (Phi) is 1.95. The van der Waals surface area contributed by atoms with Crippen molar-refractivity contribution >= 4 is 27.7 Å². The van der Waals surface area contributed by atoms with Crippen LogP contribution >= 0.6 is 0 Å². The molecule has 0 saturated heterocycles. The van der Waals surface area contributed by atoms with Crippen LogP contribution < -0.4 is 11.2 Å². The minimum absolute atomic E-state index is 0.0719. The predicted molar refractivity (Wildman–Crippen MR) is 65.9 cm³/mol. The number of aromatic amines is 1. The first-order valence-corrected chi connectivity index (χ1v) is 5.40. The Morgan fingerprint density at radius 1 is 1.47 bits per heavy atom. The number of H-pyrrole nitrogens is 1. The maximum atomic E-state index is 12.0. The lowest BCUT2D eigenvalue weighted by molar-refractivity contribution is 0.462. The van der Waals surface area contributed by atoms with Crippen LogP contribution in [0.15, 0.2) is 27.5 Å². The van der Waals surface area contributed by atoms with Gasteiger partial charge in [-0.25, -0.2) is 0 Å². The number of rotatable bonds is 1. The standard InChI is InChI=1S/C12H11N3O2/c1-2-6-5-9(16)10-8(14-6)4-3-7-11(10)17-15-12(7)13/h3-5H,2H2,1H3,(H2,13,15)(H,14,16). The Labute approximate surface area is 96.2 Å². The van der Waals surface area contributed by atoms with Crippen LogP contribution in [0.2, 0.25) is 0 Å². The van der Waals surface area contributed by atoms with Crippen LogP contribution in [-0.2, 0) is 6.42 Å². The molecule has 3 aromatic rings. The minimum Gasteiger partial charge on any atom is -0.380 e. The van der Waals surface area contributed by atoms with Gasteiger partial charge >= 0.3 is 0 Å². The SMILES string of the molecule is CCc1cc(=O)c2c(ccc3c(N)noc32)[nH]1. The molecular weight excluding hydrogens is 218 g/mol. The van der Waals surface area contributed by atoms with Crippen molar-refractivity contribution in [1.82, 2.24) is 10.1 Å². The highest BCUT2D eigenvalue weighted by atomic mass is 16.5. The largest absolute Gasteiger partial charge is 0.380 e. The van der Waals surface area contributed by atoms with E-state index in [1.165, 1.54) is 0 Å². The van der Waals surface area contributed by atoms with Gasteiger partial charge in [0.1, 0.15) is 0 Å². The molecule has 1 aromatic carbocycles. The smallest absolute Gasteiger partial charge is 0.193 e. The first-order valence-electron chi connectivity index (χ1n) is 5.40. The molecule has 3 N–H and O–H groups in total. The van der Waals surface area contributed by atoms with E-state index >= 15 is 0 Å². The van der Waals surface area contributed by atoms with Gasteiger partial charge in [-0.05, 0) is 18.6 Å². The molecule has 17 heavy (non-hydrogen) atoms. The van der Waals surface area contributed by atoms with Crippen LogP contribution in [0.25, 0.3) is 21.9 Å². The minimum atomic E-state index is -0.0719. The van der Waals surface area contributed by atoms with Crippen molar-refractivity contribution in [1.29, 1.82) is 0 Å². The Morgan fingerprint density at radius 3 is 3.06 bits per heavy atom. The molecule has 2 aromatic heterocycles. The Balaban J connectivity index is 2.55. The summed E-state index contributed by atoms with van der Waals surface area (Å²) in [6.07, 6.45) is 0.780. The summed E-state index contributed by atoms with van der Waals surface area (Å²) in [5, 5.41) is 4.86. The molecule has 0 radical (unpaired) electrons. The Hall–Kier alpha value is -2.30. The average molecular weight is 229 g/mol. The van der Waals surface area contributed by atoms with Crippen LogP contribution in [0.3, 0.4) is 0 Å². The van der Waals surface area contributed by atoms with E-state index in [1.807, 2.05) is 13.0 Å². The number of nitrogen functional groups attached to an aromatic ring is 1. The van der Waals surface area contributed by atoms with Gasteiger partial charge in [-0.15, -0.1) is 0 Å². The van der Waals surface area contributed by atoms with Gasteiger partial charge in [0.05, 0.1) is 16.3 Å². The van der Waals surface area contributed by atoms with Gasteiger partial charge in [-0.3, -0.25) is 4.79 Å². The van der Waals surface area contributed by atoms with Crippen molar-refractivity contribution in [3.63, 3.8) is 0 Å². The van der Waals surface area contributed by atoms with Crippen LogP contribution in [0.1, 0.15) is 12.6 Å². The fourth-order valence-corrected chi connectivity index (χ4v) is 2.00. The summed E-state index contributed by atoms with van der Waals surface area (Å²) in [5.41, 5.74) is 7.68. The van der Waals surface area contributed by atoms with Crippen molar-refractivity contribution in [2.24, 2.45) is 0 Å². The Morgan fingerprint density at radius 2 is 2.29 bits per heavy atom. The van der Waals surface area contributed by atoms with E-state index in [2.05, 4.69) is 10.1 Å². The molecule has 5 heteroatoms. The molecule has 0 aliphatic heterocycles. The van der Waals surface area contributed by atoms with Crippen LogP contribution in [0, 0.1) is 0 Å². The third kappa shape index (κ3) is 1.32. The molecule has 0 amide bonds. The second-order valence-electron chi connectivity index (χ2n) is 3.95. The number of benzene rings is 1. The summed E-state index contributed by atoms with van der Waals surface area (Å²) in [6.45, 7) is 1.99. The number of fused-ring (bicyclic) bond motifs is 3. The second-order valence-corrected chi connectivity index (χ2v) is 3.95. The summed E-state index contributed by atoms with van der Waals surface area (Å²) in [6, 6.07) is 5.21. The number of nitrogens with two attached hydrogens (primary N) is 1. The van der Waals surface area contributed by atoms with Crippen molar-refractivity contribution in [2.75, 3.05) is 5.73 Å². The van der Waals surface area contributed by atoms with Gasteiger partial charge < -0.3 is 15.2 Å². The zero-order valence-electron chi connectivity index (χ0n) is 9.28. The Bertz CT molecular complexity index is 770. The second kappa shape index (κ2) is 3.35. The number of anilines is 1. The number of aromatic nitrogens is 2. The summed E-state index contributed by atoms with van der Waals surface area (Å²) in [5.74, 6) is 0.306. The number of nitrogens with zero attached hydrogens (tertiary/aromatic N) is 1. The first-order chi connectivity index (χ1) is 8.20. The number of hydrogen-bond acceptors (Lipinski definition) is 4. The van der Waals surface area contributed by atoms with Crippen LogP contribution in [-0.4, -0.2) is 10.1 Å². The fraction of sp³-hybridized carbons (Fsp3) is 0.167. The lowest BCUT2D eigenvalue weighted by Crippen LogP contribution is -2.04. The number of pyridine rings is 1. The van der Waals surface area contributed by atoms with E-state index < -0.39 is 0 Å². The number of aryl methyl sites for hydroxylation is 1. The quantitative estimate of drug-likeness (QED) is 0.666. The maximum absolute atomic E-state index is 12.0. The monoisotopic (exact) mass is 229 g/mol. The summed E-state index contributed by atoms with van der Waals surface area (Å²) >= 11 is 0. The molecule has 0 unspecified atom stereocenters. The van der Waals surface area contributed by atoms with Crippen molar-refractivity contribution < 1.29 is 4.52 Å². The summed E-state index contributed by atoms with van der Waals surface area (Å²) in [4.78, 5) is 15.2. The highest BCUT2D eigenvalue weighted by Gasteiger charge is 2.12. The molecular formula is C12H11N3O2. The highest BCUT2D eigenvalue weighted by molar-refractivity contribution is 6.05. The van der Waals surface area contributed by atoms with E-state index in [0.29, 0.717) is 22.2 Å². The molecule has 0 saturated carbocycles. The molecule has 0 bridgehead atoms. The predicted octanol–water partition coefficient (Wildman–Crippen LogP) is 1.81. The topological polar surface area (TPSA) is 84.9 Å². The average Bonchev–Trinajstić information content (AvgIpc) is 2.70. The van der Waals surface area contributed by atoms with Crippen LogP contribution in [0.4, 0.5) is 5.82 Å². The zero-order valence-corrected chi connectivity index (χ0v) is 9.28. The molecule has 86 valence electrons. The number of hydrogen-bond donors (Lipinski definition) is 2. The van der Waals surface area contributed by atoms with Crippen LogP contribution in [0.5, 0.6) is 0 Å². The van der Waals surface area contributed by atoms with Gasteiger partial charge in [-0.2, -0.15) is 0 Å². The summed E-state index contributed by atoms with van der Waals surface area (Å²) in [7, 11) is 0. The number of nitrogens with one attached hydrogen (secondary N) is 1. The van der Waals surface area contributed by atoms with E-state index in [0.717, 1.165) is 17.6 Å². The lowest BCUT2D eigenvalue weighted by Gasteiger charge is -2.01. The first kappa shape index (κ1) is 9.89. The molecule has 0 fully saturated rings. The molecule has 3 rings (SSSR count). The fourth-order valence-electron chi connectivity index (χ4n) is 2.00. The molecule has 0 aliphatic carbocycles. The molecule has 2 heterocycles. The zero-order chi connectivity index (χ0) is 12.0. The van der Waals surface area contributed by atoms with Gasteiger partial charge in [0.15, 0.2) is 16.8 Å². The van der Waals surface area contributed by atoms with Gasteiger partial charge in [0.25, 0.3) is 0 Å². The van der Waals surface area contributed by atoms with Gasteiger partial charge in [0, 0.05) is 11.8 Å². The third-order valence-electron chi connectivity index (χ3n) is 2.90. The van der Waals surface area contributed by atoms with Gasteiger partial charge in [0.2, 0.25) is 0 Å². The van der Waals surface area contributed by atoms with Crippen molar-refractivity contribution in [2.45, 2.75) is 13.3 Å². The molecule has 0 aliphatic rings. The van der Waals surface area contributed by atoms with Crippen molar-refractivity contribution in [3.8, 4) is 0 Å². The normalized spacial score (nSPS) is 11.4. The highest BCUT2D eigenvalue weighted by Crippen LogP contribution is 2.25.